The number of nitrogens with one attached hydrogen (secondary N) is 2. The van der Waals surface area contributed by atoms with Gasteiger partial charge < -0.3 is 20.0 Å². The molecule has 0 aliphatic carbocycles. The largest absolute Gasteiger partial charge is 0.546 e. The lowest BCUT2D eigenvalue weighted by molar-refractivity contribution is -0.307. The van der Waals surface area contributed by atoms with Crippen molar-refractivity contribution in [2.45, 2.75) is 13.3 Å². The molecule has 9 heteroatoms. The van der Waals surface area contributed by atoms with Gasteiger partial charge in [0.15, 0.2) is 0 Å². The number of anilines is 1. The number of hydrogen-bond donors (Lipinski definition) is 2. The van der Waals surface area contributed by atoms with Crippen molar-refractivity contribution in [3.8, 4) is 5.75 Å². The molecule has 0 saturated heterocycles. The maximum absolute atomic E-state index is 11.9. The van der Waals surface area contributed by atoms with Gasteiger partial charge in [0.05, 0.1) is 12.2 Å². The van der Waals surface area contributed by atoms with Crippen molar-refractivity contribution < 1.29 is 24.2 Å². The lowest BCUT2D eigenvalue weighted by Gasteiger charge is -2.09. The molecule has 0 spiro atoms. The number of ether oxygens (including phenoxy) is 1. The zero-order valence-corrected chi connectivity index (χ0v) is 15.7. The summed E-state index contributed by atoms with van der Waals surface area (Å²) in [5.41, 5.74) is 3.97. The van der Waals surface area contributed by atoms with Crippen molar-refractivity contribution in [2.24, 2.45) is 5.10 Å². The molecule has 0 unspecified atom stereocenters. The molecule has 2 rings (SSSR count). The van der Waals surface area contributed by atoms with Crippen molar-refractivity contribution in [1.82, 2.24) is 5.43 Å². The first kappa shape index (κ1) is 20.9. The van der Waals surface area contributed by atoms with Crippen molar-refractivity contribution in [1.29, 1.82) is 0 Å². The molecular formula is C19H17ClN3O5-. The van der Waals surface area contributed by atoms with Crippen LogP contribution in [-0.4, -0.2) is 30.6 Å². The van der Waals surface area contributed by atoms with Gasteiger partial charge in [-0.2, -0.15) is 5.10 Å². The van der Waals surface area contributed by atoms with E-state index in [0.717, 1.165) is 12.0 Å². The van der Waals surface area contributed by atoms with Crippen LogP contribution in [0.25, 0.3) is 0 Å². The van der Waals surface area contributed by atoms with E-state index < -0.39 is 24.4 Å². The van der Waals surface area contributed by atoms with Gasteiger partial charge in [-0.25, -0.2) is 5.43 Å². The SMILES string of the molecule is CCc1ccc(NC(=O)C(=O)N/N=C\c2cc(Cl)ccc2OCC(=O)[O-])cc1. The van der Waals surface area contributed by atoms with E-state index in [1.165, 1.54) is 24.4 Å². The van der Waals surface area contributed by atoms with E-state index in [2.05, 4.69) is 15.8 Å². The van der Waals surface area contributed by atoms with Crippen molar-refractivity contribution in [2.75, 3.05) is 11.9 Å². The number of carbonyl (C=O) groups is 3. The summed E-state index contributed by atoms with van der Waals surface area (Å²) in [4.78, 5) is 34.3. The van der Waals surface area contributed by atoms with Gasteiger partial charge >= 0.3 is 11.8 Å². The van der Waals surface area contributed by atoms with E-state index in [1.54, 1.807) is 12.1 Å². The van der Waals surface area contributed by atoms with Crippen LogP contribution in [-0.2, 0) is 20.8 Å². The molecule has 0 saturated carbocycles. The minimum atomic E-state index is -1.39. The van der Waals surface area contributed by atoms with E-state index in [4.69, 9.17) is 16.3 Å². The number of carboxylic acid groups (broad SMARTS) is 1. The van der Waals surface area contributed by atoms with Gasteiger partial charge in [-0.05, 0) is 42.3 Å². The summed E-state index contributed by atoms with van der Waals surface area (Å²) in [6, 6.07) is 11.5. The molecule has 0 atom stereocenters. The van der Waals surface area contributed by atoms with Crippen LogP contribution in [0, 0.1) is 0 Å². The summed E-state index contributed by atoms with van der Waals surface area (Å²) in [7, 11) is 0. The number of halogens is 1. The van der Waals surface area contributed by atoms with Crippen LogP contribution in [0.15, 0.2) is 47.6 Å². The zero-order valence-electron chi connectivity index (χ0n) is 14.9. The molecule has 2 amide bonds. The average Bonchev–Trinajstić information content (AvgIpc) is 2.67. The summed E-state index contributed by atoms with van der Waals surface area (Å²) in [6.07, 6.45) is 2.04. The van der Waals surface area contributed by atoms with Gasteiger partial charge in [0.25, 0.3) is 0 Å². The van der Waals surface area contributed by atoms with Crippen LogP contribution in [0.5, 0.6) is 5.75 Å². The molecule has 0 aromatic heterocycles. The second kappa shape index (κ2) is 10.1. The molecule has 2 aromatic carbocycles. The lowest BCUT2D eigenvalue weighted by Crippen LogP contribution is -2.32. The number of hydrazone groups is 1. The van der Waals surface area contributed by atoms with E-state index in [-0.39, 0.29) is 5.75 Å². The minimum absolute atomic E-state index is 0.173. The Kier molecular flexibility index (Phi) is 7.53. The lowest BCUT2D eigenvalue weighted by atomic mass is 10.1. The van der Waals surface area contributed by atoms with Crippen LogP contribution < -0.4 is 20.6 Å². The number of aryl methyl sites for hydroxylation is 1. The standard InChI is InChI=1S/C19H18ClN3O5/c1-2-12-3-6-15(7-4-12)22-18(26)19(27)23-21-10-13-9-14(20)5-8-16(13)28-11-17(24)25/h3-10H,2,11H2,1H3,(H,22,26)(H,23,27)(H,24,25)/p-1/b21-10-. The molecule has 8 nitrogen and oxygen atoms in total. The monoisotopic (exact) mass is 402 g/mol. The summed E-state index contributed by atoms with van der Waals surface area (Å²) in [5.74, 6) is -3.09. The Labute approximate surface area is 166 Å². The van der Waals surface area contributed by atoms with E-state index >= 15 is 0 Å². The van der Waals surface area contributed by atoms with Gasteiger partial charge in [0, 0.05) is 16.3 Å². The third kappa shape index (κ3) is 6.40. The zero-order chi connectivity index (χ0) is 20.5. The van der Waals surface area contributed by atoms with Crippen molar-refractivity contribution in [3.05, 3.63) is 58.6 Å². The van der Waals surface area contributed by atoms with Crippen LogP contribution in [0.1, 0.15) is 18.1 Å². The summed E-state index contributed by atoms with van der Waals surface area (Å²) in [5, 5.41) is 17.0. The number of nitrogens with zero attached hydrogens (tertiary/aromatic N) is 1. The Bertz CT molecular complexity index is 897. The van der Waals surface area contributed by atoms with Crippen molar-refractivity contribution in [3.63, 3.8) is 0 Å². The Morgan fingerprint density at radius 2 is 1.86 bits per heavy atom. The van der Waals surface area contributed by atoms with Crippen LogP contribution in [0.4, 0.5) is 5.69 Å². The number of hydrogen-bond acceptors (Lipinski definition) is 6. The highest BCUT2D eigenvalue weighted by Gasteiger charge is 2.13. The molecule has 0 aliphatic rings. The number of benzene rings is 2. The van der Waals surface area contributed by atoms with Crippen molar-refractivity contribution >= 4 is 41.3 Å². The second-order valence-corrected chi connectivity index (χ2v) is 5.98. The quantitative estimate of drug-likeness (QED) is 0.408. The Balaban J connectivity index is 1.97. The number of aliphatic carboxylic acids is 1. The molecule has 0 radical (unpaired) electrons. The molecule has 2 N–H and O–H groups in total. The fourth-order valence-electron chi connectivity index (χ4n) is 2.11. The van der Waals surface area contributed by atoms with Crippen LogP contribution in [0.2, 0.25) is 5.02 Å². The maximum atomic E-state index is 11.9. The number of rotatable bonds is 7. The van der Waals surface area contributed by atoms with Gasteiger partial charge in [-0.3, -0.25) is 9.59 Å². The Morgan fingerprint density at radius 1 is 1.14 bits per heavy atom. The molecule has 28 heavy (non-hydrogen) atoms. The number of amides is 2. The maximum Gasteiger partial charge on any atom is 0.329 e. The molecule has 2 aromatic rings. The highest BCUT2D eigenvalue weighted by Crippen LogP contribution is 2.21. The number of carbonyl (C=O) groups excluding carboxylic acids is 3. The second-order valence-electron chi connectivity index (χ2n) is 5.55. The van der Waals surface area contributed by atoms with E-state index in [0.29, 0.717) is 16.3 Å². The molecule has 146 valence electrons. The Morgan fingerprint density at radius 3 is 2.50 bits per heavy atom. The highest BCUT2D eigenvalue weighted by molar-refractivity contribution is 6.39. The third-order valence-electron chi connectivity index (χ3n) is 3.51. The smallest absolute Gasteiger partial charge is 0.329 e. The minimum Gasteiger partial charge on any atom is -0.546 e. The third-order valence-corrected chi connectivity index (χ3v) is 3.75. The molecular weight excluding hydrogens is 386 g/mol. The van der Waals surface area contributed by atoms with E-state index in [9.17, 15) is 19.5 Å². The summed E-state index contributed by atoms with van der Waals surface area (Å²) in [6.45, 7) is 1.35. The summed E-state index contributed by atoms with van der Waals surface area (Å²) < 4.78 is 5.05. The fourth-order valence-corrected chi connectivity index (χ4v) is 2.29. The van der Waals surface area contributed by atoms with Gasteiger partial charge in [0.1, 0.15) is 12.4 Å². The van der Waals surface area contributed by atoms with Crippen LogP contribution >= 0.6 is 11.6 Å². The first-order valence-electron chi connectivity index (χ1n) is 8.24. The number of carboxylic acids is 1. The van der Waals surface area contributed by atoms with Crippen LogP contribution in [0.3, 0.4) is 0 Å². The fraction of sp³-hybridized carbons (Fsp3) is 0.158. The first-order valence-corrected chi connectivity index (χ1v) is 8.62. The molecule has 0 heterocycles. The van der Waals surface area contributed by atoms with E-state index in [1.807, 2.05) is 19.1 Å². The normalized spacial score (nSPS) is 10.5. The molecule has 0 bridgehead atoms. The Hall–Kier alpha value is -3.39. The average molecular weight is 403 g/mol. The first-order chi connectivity index (χ1) is 13.4. The van der Waals surface area contributed by atoms with Gasteiger partial charge in [-0.15, -0.1) is 0 Å². The predicted molar refractivity (Wildman–Crippen MR) is 102 cm³/mol. The topological polar surface area (TPSA) is 120 Å². The summed E-state index contributed by atoms with van der Waals surface area (Å²) >= 11 is 5.89. The van der Waals surface area contributed by atoms with Gasteiger partial charge in [0.2, 0.25) is 0 Å². The highest BCUT2D eigenvalue weighted by atomic mass is 35.5. The predicted octanol–water partition coefficient (Wildman–Crippen LogP) is 1.12. The van der Waals surface area contributed by atoms with Gasteiger partial charge in [-0.1, -0.05) is 30.7 Å². The molecule has 0 aliphatic heterocycles. The molecule has 0 fully saturated rings.